The molecule has 0 saturated carbocycles. The van der Waals surface area contributed by atoms with E-state index in [9.17, 15) is 0 Å². The molecule has 0 unspecified atom stereocenters. The van der Waals surface area contributed by atoms with Gasteiger partial charge >= 0.3 is 0 Å². The predicted octanol–water partition coefficient (Wildman–Crippen LogP) is 3.71. The second-order valence-electron chi connectivity index (χ2n) is 4.97. The zero-order valence-electron chi connectivity index (χ0n) is 10.2. The lowest BCUT2D eigenvalue weighted by molar-refractivity contribution is 0.326. The first-order valence-electron chi connectivity index (χ1n) is 5.86. The molecular formula is C13H23NS. The van der Waals surface area contributed by atoms with Crippen LogP contribution in [0.4, 0.5) is 0 Å². The fourth-order valence-electron chi connectivity index (χ4n) is 1.76. The Morgan fingerprint density at radius 3 is 2.73 bits per heavy atom. The number of thiophene rings is 1. The monoisotopic (exact) mass is 225 g/mol. The third-order valence-corrected chi connectivity index (χ3v) is 3.40. The molecule has 1 heterocycles. The molecule has 15 heavy (non-hydrogen) atoms. The van der Waals surface area contributed by atoms with Crippen LogP contribution < -0.4 is 5.32 Å². The minimum absolute atomic E-state index is 0.418. The SMILES string of the molecule is CCCNCCC(C)(C)Cc1ccsc1. The quantitative estimate of drug-likeness (QED) is 0.698. The van der Waals surface area contributed by atoms with Crippen molar-refractivity contribution in [3.05, 3.63) is 22.4 Å². The molecule has 0 saturated heterocycles. The maximum atomic E-state index is 3.47. The Balaban J connectivity index is 2.25. The summed E-state index contributed by atoms with van der Waals surface area (Å²) < 4.78 is 0. The van der Waals surface area contributed by atoms with E-state index in [2.05, 4.69) is 42.9 Å². The first kappa shape index (κ1) is 12.7. The highest BCUT2D eigenvalue weighted by molar-refractivity contribution is 7.07. The van der Waals surface area contributed by atoms with Crippen LogP contribution in [0.15, 0.2) is 16.8 Å². The molecule has 2 heteroatoms. The third-order valence-electron chi connectivity index (χ3n) is 2.67. The molecule has 1 aromatic heterocycles. The van der Waals surface area contributed by atoms with Gasteiger partial charge < -0.3 is 5.32 Å². The van der Waals surface area contributed by atoms with Crippen LogP contribution in [-0.2, 0) is 6.42 Å². The molecule has 0 spiro atoms. The molecule has 86 valence electrons. The van der Waals surface area contributed by atoms with Crippen LogP contribution in [0.2, 0.25) is 0 Å². The van der Waals surface area contributed by atoms with E-state index in [-0.39, 0.29) is 0 Å². The van der Waals surface area contributed by atoms with Crippen LogP contribution in [-0.4, -0.2) is 13.1 Å². The number of nitrogens with one attached hydrogen (secondary N) is 1. The molecule has 0 amide bonds. The van der Waals surface area contributed by atoms with Crippen molar-refractivity contribution in [2.45, 2.75) is 40.0 Å². The topological polar surface area (TPSA) is 12.0 Å². The van der Waals surface area contributed by atoms with Gasteiger partial charge in [0.2, 0.25) is 0 Å². The molecule has 1 rings (SSSR count). The van der Waals surface area contributed by atoms with Gasteiger partial charge in [-0.2, -0.15) is 11.3 Å². The highest BCUT2D eigenvalue weighted by Crippen LogP contribution is 2.26. The van der Waals surface area contributed by atoms with E-state index in [1.54, 1.807) is 11.3 Å². The summed E-state index contributed by atoms with van der Waals surface area (Å²) in [5.74, 6) is 0. The summed E-state index contributed by atoms with van der Waals surface area (Å²) >= 11 is 1.80. The van der Waals surface area contributed by atoms with Gasteiger partial charge in [0.15, 0.2) is 0 Å². The van der Waals surface area contributed by atoms with Crippen LogP contribution in [0.3, 0.4) is 0 Å². The van der Waals surface area contributed by atoms with Crippen molar-refractivity contribution in [3.8, 4) is 0 Å². The van der Waals surface area contributed by atoms with Crippen LogP contribution in [0.25, 0.3) is 0 Å². The van der Waals surface area contributed by atoms with Crippen molar-refractivity contribution in [2.24, 2.45) is 5.41 Å². The van der Waals surface area contributed by atoms with Crippen LogP contribution in [0, 0.1) is 5.41 Å². The van der Waals surface area contributed by atoms with E-state index in [1.807, 2.05) is 0 Å². The van der Waals surface area contributed by atoms with Gasteiger partial charge in [-0.3, -0.25) is 0 Å². The van der Waals surface area contributed by atoms with Crippen molar-refractivity contribution in [1.29, 1.82) is 0 Å². The summed E-state index contributed by atoms with van der Waals surface area (Å²) in [5.41, 5.74) is 1.91. The molecule has 0 fully saturated rings. The molecule has 0 atom stereocenters. The lowest BCUT2D eigenvalue weighted by Gasteiger charge is -2.24. The highest BCUT2D eigenvalue weighted by atomic mass is 32.1. The molecule has 0 aliphatic rings. The van der Waals surface area contributed by atoms with E-state index in [4.69, 9.17) is 0 Å². The largest absolute Gasteiger partial charge is 0.317 e. The molecule has 1 nitrogen and oxygen atoms in total. The Hall–Kier alpha value is -0.340. The first-order valence-corrected chi connectivity index (χ1v) is 6.80. The van der Waals surface area contributed by atoms with E-state index in [0.29, 0.717) is 5.41 Å². The Morgan fingerprint density at radius 2 is 2.13 bits per heavy atom. The number of rotatable bonds is 7. The molecule has 0 aliphatic carbocycles. The third kappa shape index (κ3) is 5.33. The summed E-state index contributed by atoms with van der Waals surface area (Å²) in [4.78, 5) is 0. The summed E-state index contributed by atoms with van der Waals surface area (Å²) in [6, 6.07) is 2.24. The molecule has 1 aromatic rings. The average Bonchev–Trinajstić information content (AvgIpc) is 2.64. The van der Waals surface area contributed by atoms with Crippen LogP contribution in [0.1, 0.15) is 39.2 Å². The van der Waals surface area contributed by atoms with E-state index in [1.165, 1.54) is 24.8 Å². The molecule has 0 bridgehead atoms. The van der Waals surface area contributed by atoms with Crippen molar-refractivity contribution in [2.75, 3.05) is 13.1 Å². The average molecular weight is 225 g/mol. The minimum atomic E-state index is 0.418. The smallest absolute Gasteiger partial charge is 0.00437 e. The van der Waals surface area contributed by atoms with Gasteiger partial charge in [0, 0.05) is 0 Å². The van der Waals surface area contributed by atoms with Gasteiger partial charge in [-0.15, -0.1) is 0 Å². The number of hydrogen-bond acceptors (Lipinski definition) is 2. The molecule has 1 N–H and O–H groups in total. The Kier molecular flexibility index (Phi) is 5.34. The van der Waals surface area contributed by atoms with Gasteiger partial charge in [0.05, 0.1) is 0 Å². The molecule has 0 aromatic carbocycles. The number of hydrogen-bond donors (Lipinski definition) is 1. The first-order chi connectivity index (χ1) is 7.14. The molecular weight excluding hydrogens is 202 g/mol. The maximum absolute atomic E-state index is 3.47. The fraction of sp³-hybridized carbons (Fsp3) is 0.692. The zero-order valence-corrected chi connectivity index (χ0v) is 11.0. The second kappa shape index (κ2) is 6.29. The van der Waals surface area contributed by atoms with Gasteiger partial charge in [0.25, 0.3) is 0 Å². The summed E-state index contributed by atoms with van der Waals surface area (Å²) in [6.07, 6.45) is 3.68. The van der Waals surface area contributed by atoms with Gasteiger partial charge in [-0.05, 0) is 60.2 Å². The van der Waals surface area contributed by atoms with Crippen LogP contribution >= 0.6 is 11.3 Å². The summed E-state index contributed by atoms with van der Waals surface area (Å²) in [5, 5.41) is 7.91. The van der Waals surface area contributed by atoms with Gasteiger partial charge in [-0.1, -0.05) is 20.8 Å². The summed E-state index contributed by atoms with van der Waals surface area (Å²) in [6.45, 7) is 9.22. The summed E-state index contributed by atoms with van der Waals surface area (Å²) in [7, 11) is 0. The van der Waals surface area contributed by atoms with Crippen LogP contribution in [0.5, 0.6) is 0 Å². The highest BCUT2D eigenvalue weighted by Gasteiger charge is 2.17. The predicted molar refractivity (Wildman–Crippen MR) is 69.6 cm³/mol. The second-order valence-corrected chi connectivity index (χ2v) is 5.75. The maximum Gasteiger partial charge on any atom is -0.00437 e. The van der Waals surface area contributed by atoms with Crippen molar-refractivity contribution in [1.82, 2.24) is 5.32 Å². The molecule has 0 radical (unpaired) electrons. The van der Waals surface area contributed by atoms with Gasteiger partial charge in [-0.25, -0.2) is 0 Å². The normalized spacial score (nSPS) is 11.9. The Labute approximate surface area is 97.9 Å². The van der Waals surface area contributed by atoms with Crippen molar-refractivity contribution in [3.63, 3.8) is 0 Å². The fourth-order valence-corrected chi connectivity index (χ4v) is 2.43. The van der Waals surface area contributed by atoms with Crippen molar-refractivity contribution < 1.29 is 0 Å². The minimum Gasteiger partial charge on any atom is -0.317 e. The van der Waals surface area contributed by atoms with E-state index in [0.717, 1.165) is 13.1 Å². The molecule has 0 aliphatic heterocycles. The standard InChI is InChI=1S/C13H23NS/c1-4-7-14-8-6-13(2,3)10-12-5-9-15-11-12/h5,9,11,14H,4,6-8,10H2,1-3H3. The van der Waals surface area contributed by atoms with E-state index < -0.39 is 0 Å². The van der Waals surface area contributed by atoms with Gasteiger partial charge in [0.1, 0.15) is 0 Å². The van der Waals surface area contributed by atoms with E-state index >= 15 is 0 Å². The van der Waals surface area contributed by atoms with Crippen molar-refractivity contribution >= 4 is 11.3 Å². The lowest BCUT2D eigenvalue weighted by atomic mass is 9.83. The Morgan fingerprint density at radius 1 is 1.33 bits per heavy atom. The Bertz CT molecular complexity index is 252. The lowest BCUT2D eigenvalue weighted by Crippen LogP contribution is -2.24. The zero-order chi connectivity index (χ0) is 11.1.